The van der Waals surface area contributed by atoms with Gasteiger partial charge in [0.15, 0.2) is 16.6 Å². The Labute approximate surface area is 117 Å². The fourth-order valence-corrected chi connectivity index (χ4v) is 2.14. The minimum Gasteiger partial charge on any atom is -0.503 e. The third-order valence-corrected chi connectivity index (χ3v) is 3.11. The Kier molecular flexibility index (Phi) is 3.53. The van der Waals surface area contributed by atoms with Crippen LogP contribution in [0.5, 0.6) is 11.5 Å². The van der Waals surface area contributed by atoms with Gasteiger partial charge in [-0.1, -0.05) is 0 Å². The average molecular weight is 329 g/mol. The summed E-state index contributed by atoms with van der Waals surface area (Å²) in [6.45, 7) is 0. The van der Waals surface area contributed by atoms with Crippen molar-refractivity contribution in [2.45, 2.75) is 0 Å². The first-order chi connectivity index (χ1) is 8.51. The van der Waals surface area contributed by atoms with Crippen LogP contribution in [0.15, 0.2) is 22.3 Å². The number of amides is 1. The Hall–Kier alpha value is -1.60. The highest BCUT2D eigenvalue weighted by molar-refractivity contribution is 9.10. The van der Waals surface area contributed by atoms with E-state index in [4.69, 9.17) is 17.0 Å². The van der Waals surface area contributed by atoms with Gasteiger partial charge in [0.25, 0.3) is 5.91 Å². The molecule has 1 aliphatic rings. The molecule has 0 atom stereocenters. The van der Waals surface area contributed by atoms with Crippen LogP contribution < -0.4 is 15.4 Å². The molecule has 0 radical (unpaired) electrons. The van der Waals surface area contributed by atoms with E-state index in [-0.39, 0.29) is 16.8 Å². The molecule has 0 aliphatic carbocycles. The molecule has 0 unspecified atom stereocenters. The molecule has 1 saturated heterocycles. The third-order valence-electron chi connectivity index (χ3n) is 2.30. The molecule has 1 aromatic carbocycles. The van der Waals surface area contributed by atoms with Crippen molar-refractivity contribution in [1.82, 2.24) is 10.6 Å². The molecule has 1 heterocycles. The molecule has 1 aliphatic heterocycles. The second-order valence-corrected chi connectivity index (χ2v) is 4.78. The molecule has 0 aromatic heterocycles. The number of methoxy groups -OCH3 is 1. The highest BCUT2D eigenvalue weighted by Crippen LogP contribution is 2.35. The van der Waals surface area contributed by atoms with E-state index in [0.29, 0.717) is 21.5 Å². The number of carbonyl (C=O) groups excluding carboxylic acids is 1. The summed E-state index contributed by atoms with van der Waals surface area (Å²) in [5.41, 5.74) is 1.04. The first-order valence-corrected chi connectivity index (χ1v) is 6.12. The molecule has 7 heteroatoms. The second kappa shape index (κ2) is 4.95. The standard InChI is InChI=1S/C11H9BrN2O3S/c1-17-8-4-5(2-6(12)9(8)15)3-7-10(16)14-11(18)13-7/h2-4,15H,1H3,(H2,13,14,16,18)/b7-3+. The number of phenols is 1. The lowest BCUT2D eigenvalue weighted by Crippen LogP contribution is -2.21. The predicted molar refractivity (Wildman–Crippen MR) is 74.2 cm³/mol. The fraction of sp³-hybridized carbons (Fsp3) is 0.0909. The Balaban J connectivity index is 2.41. The van der Waals surface area contributed by atoms with E-state index in [1.165, 1.54) is 7.11 Å². The van der Waals surface area contributed by atoms with Crippen LogP contribution in [0, 0.1) is 0 Å². The van der Waals surface area contributed by atoms with Crippen LogP contribution >= 0.6 is 28.1 Å². The Bertz CT molecular complexity index is 572. The highest BCUT2D eigenvalue weighted by atomic mass is 79.9. The normalized spacial score (nSPS) is 16.7. The Morgan fingerprint density at radius 1 is 1.44 bits per heavy atom. The van der Waals surface area contributed by atoms with Gasteiger partial charge in [0.1, 0.15) is 5.70 Å². The van der Waals surface area contributed by atoms with Gasteiger partial charge in [-0.2, -0.15) is 0 Å². The lowest BCUT2D eigenvalue weighted by molar-refractivity contribution is -0.115. The van der Waals surface area contributed by atoms with Crippen molar-refractivity contribution >= 4 is 45.2 Å². The molecule has 5 nitrogen and oxygen atoms in total. The van der Waals surface area contributed by atoms with E-state index in [2.05, 4.69) is 26.6 Å². The maximum Gasteiger partial charge on any atom is 0.273 e. The van der Waals surface area contributed by atoms with Crippen LogP contribution in [-0.4, -0.2) is 23.2 Å². The van der Waals surface area contributed by atoms with Crippen LogP contribution in [0.4, 0.5) is 0 Å². The van der Waals surface area contributed by atoms with Gasteiger partial charge in [-0.15, -0.1) is 0 Å². The maximum atomic E-state index is 11.5. The van der Waals surface area contributed by atoms with Crippen molar-refractivity contribution < 1.29 is 14.6 Å². The number of rotatable bonds is 2. The van der Waals surface area contributed by atoms with Crippen molar-refractivity contribution in [2.75, 3.05) is 7.11 Å². The maximum absolute atomic E-state index is 11.5. The topological polar surface area (TPSA) is 70.6 Å². The number of thiocarbonyl (C=S) groups is 1. The molecule has 3 N–H and O–H groups in total. The van der Waals surface area contributed by atoms with Gasteiger partial charge >= 0.3 is 0 Å². The van der Waals surface area contributed by atoms with E-state index >= 15 is 0 Å². The summed E-state index contributed by atoms with van der Waals surface area (Å²) >= 11 is 8.03. The van der Waals surface area contributed by atoms with Gasteiger partial charge in [0.05, 0.1) is 11.6 Å². The van der Waals surface area contributed by atoms with Gasteiger partial charge in [-0.3, -0.25) is 10.1 Å². The zero-order valence-electron chi connectivity index (χ0n) is 9.28. The van der Waals surface area contributed by atoms with Crippen molar-refractivity contribution in [3.8, 4) is 11.5 Å². The highest BCUT2D eigenvalue weighted by Gasteiger charge is 2.20. The third kappa shape index (κ3) is 2.46. The predicted octanol–water partition coefficient (Wildman–Crippen LogP) is 1.51. The number of aromatic hydroxyl groups is 1. The Morgan fingerprint density at radius 3 is 2.72 bits per heavy atom. The fourth-order valence-electron chi connectivity index (χ4n) is 1.48. The lowest BCUT2D eigenvalue weighted by Gasteiger charge is -2.06. The van der Waals surface area contributed by atoms with Crippen LogP contribution in [0.3, 0.4) is 0 Å². The summed E-state index contributed by atoms with van der Waals surface area (Å²) < 4.78 is 5.50. The van der Waals surface area contributed by atoms with Gasteiger partial charge < -0.3 is 15.2 Å². The number of ether oxygens (including phenoxy) is 1. The molecule has 1 fully saturated rings. The minimum absolute atomic E-state index is 0.0130. The number of nitrogens with one attached hydrogen (secondary N) is 2. The molecule has 18 heavy (non-hydrogen) atoms. The first-order valence-electron chi connectivity index (χ1n) is 4.92. The first kappa shape index (κ1) is 12.8. The molecular weight excluding hydrogens is 320 g/mol. The van der Waals surface area contributed by atoms with Gasteiger partial charge in [0, 0.05) is 0 Å². The minimum atomic E-state index is -0.289. The Morgan fingerprint density at radius 2 is 2.17 bits per heavy atom. The molecule has 2 rings (SSSR count). The zero-order valence-corrected chi connectivity index (χ0v) is 11.7. The zero-order chi connectivity index (χ0) is 13.3. The number of hydrogen-bond donors (Lipinski definition) is 3. The number of carbonyl (C=O) groups is 1. The quantitative estimate of drug-likeness (QED) is 0.567. The molecule has 0 saturated carbocycles. The lowest BCUT2D eigenvalue weighted by atomic mass is 10.1. The van der Waals surface area contributed by atoms with Gasteiger partial charge in [0.2, 0.25) is 0 Å². The van der Waals surface area contributed by atoms with Crippen LogP contribution in [0.1, 0.15) is 5.56 Å². The van der Waals surface area contributed by atoms with Crippen molar-refractivity contribution in [2.24, 2.45) is 0 Å². The second-order valence-electron chi connectivity index (χ2n) is 3.52. The van der Waals surface area contributed by atoms with E-state index in [1.54, 1.807) is 18.2 Å². The summed E-state index contributed by atoms with van der Waals surface area (Å²) in [5.74, 6) is 0.0411. The molecule has 1 amide bonds. The van der Waals surface area contributed by atoms with Crippen molar-refractivity contribution in [3.05, 3.63) is 27.9 Å². The van der Waals surface area contributed by atoms with Crippen LogP contribution in [0.2, 0.25) is 0 Å². The summed E-state index contributed by atoms with van der Waals surface area (Å²) in [5, 5.41) is 15.1. The van der Waals surface area contributed by atoms with Crippen LogP contribution in [0.25, 0.3) is 6.08 Å². The summed E-state index contributed by atoms with van der Waals surface area (Å²) in [4.78, 5) is 11.5. The molecule has 0 spiro atoms. The smallest absolute Gasteiger partial charge is 0.273 e. The molecule has 1 aromatic rings. The van der Waals surface area contributed by atoms with Crippen LogP contribution in [-0.2, 0) is 4.79 Å². The van der Waals surface area contributed by atoms with E-state index in [1.807, 2.05) is 0 Å². The molecule has 0 bridgehead atoms. The van der Waals surface area contributed by atoms with E-state index < -0.39 is 0 Å². The number of benzene rings is 1. The number of hydrogen-bond acceptors (Lipinski definition) is 4. The number of halogens is 1. The summed E-state index contributed by atoms with van der Waals surface area (Å²) in [7, 11) is 1.45. The van der Waals surface area contributed by atoms with Crippen molar-refractivity contribution in [3.63, 3.8) is 0 Å². The monoisotopic (exact) mass is 328 g/mol. The van der Waals surface area contributed by atoms with Crippen molar-refractivity contribution in [1.29, 1.82) is 0 Å². The summed E-state index contributed by atoms with van der Waals surface area (Å²) in [6.07, 6.45) is 1.61. The van der Waals surface area contributed by atoms with E-state index in [0.717, 1.165) is 0 Å². The van der Waals surface area contributed by atoms with Gasteiger partial charge in [-0.05, 0) is 51.9 Å². The molecule has 94 valence electrons. The average Bonchev–Trinajstić information content (AvgIpc) is 2.62. The SMILES string of the molecule is COc1cc(/C=C2/NC(=S)NC2=O)cc(Br)c1O. The largest absolute Gasteiger partial charge is 0.503 e. The van der Waals surface area contributed by atoms with Gasteiger partial charge in [-0.25, -0.2) is 0 Å². The summed E-state index contributed by atoms with van der Waals surface area (Å²) in [6, 6.07) is 3.28. The number of phenolic OH excluding ortho intramolecular Hbond substituents is 1. The molecular formula is C11H9BrN2O3S. The van der Waals surface area contributed by atoms with E-state index in [9.17, 15) is 9.90 Å².